The molecule has 10 aromatic carbocycles. The molecule has 0 radical (unpaired) electrons. The van der Waals surface area contributed by atoms with Crippen molar-refractivity contribution in [2.75, 3.05) is 9.80 Å². The van der Waals surface area contributed by atoms with Crippen LogP contribution in [0.3, 0.4) is 0 Å². The first kappa shape index (κ1) is 59.4. The van der Waals surface area contributed by atoms with Crippen molar-refractivity contribution in [3.05, 3.63) is 251 Å². The molecule has 1 aromatic heterocycles. The molecule has 0 amide bonds. The van der Waals surface area contributed by atoms with Crippen LogP contribution in [0.5, 0.6) is 5.75 Å². The molecular formula is C88H88N2O2. The average Bonchev–Trinajstić information content (AvgIpc) is 0.777. The number of fused-ring (bicyclic) bond motifs is 3. The highest BCUT2D eigenvalue weighted by Gasteiger charge is 2.40. The third-order valence-electron chi connectivity index (χ3n) is 21.4. The van der Waals surface area contributed by atoms with E-state index in [9.17, 15) is 5.11 Å². The lowest BCUT2D eigenvalue weighted by Crippen LogP contribution is -2.38. The van der Waals surface area contributed by atoms with Gasteiger partial charge in [-0.1, -0.05) is 258 Å². The van der Waals surface area contributed by atoms with Crippen LogP contribution in [0, 0.1) is 5.92 Å². The zero-order chi connectivity index (χ0) is 62.9. The van der Waals surface area contributed by atoms with Crippen LogP contribution in [-0.2, 0) is 0 Å². The van der Waals surface area contributed by atoms with E-state index in [-0.39, 0.29) is 29.5 Å². The molecule has 1 N–H and O–H groups in total. The van der Waals surface area contributed by atoms with E-state index >= 15 is 0 Å². The van der Waals surface area contributed by atoms with Gasteiger partial charge in [-0.3, -0.25) is 0 Å². The number of nitrogens with zero attached hydrogens (tertiary/aromatic N) is 2. The molecule has 11 aromatic rings. The van der Waals surface area contributed by atoms with E-state index in [1.807, 2.05) is 0 Å². The molecule has 0 bridgehead atoms. The summed E-state index contributed by atoms with van der Waals surface area (Å²) >= 11 is 0. The summed E-state index contributed by atoms with van der Waals surface area (Å²) in [6.45, 7) is 18.6. The SMILES string of the molecule is CC(C)C1=CC(N(c2ccc(C3CCCCC3)cc2)c2cccc(-c3cccc(-c4ccccc4C(C)C)c3)c2O)C2C=Cc3c(C(C)C)cc(N(c4ccc(C5CCCCC5)cc4)c4cccc5c4oc4c(-c6ccccc6C(C)C)cccc45)c4ccc1c2c34. The first-order valence-electron chi connectivity index (χ1n) is 34.8. The van der Waals surface area contributed by atoms with Gasteiger partial charge in [-0.15, -0.1) is 0 Å². The number of furan rings is 1. The second-order valence-electron chi connectivity index (χ2n) is 28.4. The van der Waals surface area contributed by atoms with Crippen molar-refractivity contribution in [3.8, 4) is 39.1 Å². The fraction of sp³-hybridized carbons (Fsp3) is 0.295. The molecule has 15 rings (SSSR count). The summed E-state index contributed by atoms with van der Waals surface area (Å²) in [5.41, 5.74) is 25.6. The number of anilines is 5. The summed E-state index contributed by atoms with van der Waals surface area (Å²) in [5, 5.41) is 18.1. The number of aromatic hydroxyl groups is 1. The molecule has 2 saturated carbocycles. The number of para-hydroxylation sites is 3. The van der Waals surface area contributed by atoms with E-state index in [0.717, 1.165) is 72.6 Å². The largest absolute Gasteiger partial charge is 0.505 e. The van der Waals surface area contributed by atoms with E-state index in [1.165, 1.54) is 136 Å². The fourth-order valence-electron chi connectivity index (χ4n) is 16.8. The molecule has 1 heterocycles. The van der Waals surface area contributed by atoms with Gasteiger partial charge in [-0.25, -0.2) is 0 Å². The highest BCUT2D eigenvalue weighted by atomic mass is 16.3. The third kappa shape index (κ3) is 10.5. The first-order valence-corrected chi connectivity index (χ1v) is 34.8. The van der Waals surface area contributed by atoms with Gasteiger partial charge >= 0.3 is 0 Å². The standard InChI is InChI=1S/C88H88N2O2/c1-54(2)66-29-15-17-31-68(66)62-27-19-28-63(51-62)69-33-21-37-80(86(69)91)89(64-43-39-60(40-44-64)58-23-11-9-12-24-58)82-52-78(56(5)6)71-48-50-77-83(53-79(57(7)8)72-47-49-76(82)84(71)85(72)77)90(65-45-41-61(42-46-65)59-25-13-10-14-26-59)81-38-22-36-75-74-35-20-34-73(87(74)92-88(75)81)70-32-18-16-30-67(70)55(3)4/h15-22,27-59,76,82,91H,9-14,23-26H2,1-8H3. The summed E-state index contributed by atoms with van der Waals surface area (Å²) in [7, 11) is 0. The lowest BCUT2D eigenvalue weighted by molar-refractivity contribution is 0.443. The lowest BCUT2D eigenvalue weighted by Gasteiger charge is -2.43. The van der Waals surface area contributed by atoms with Crippen LogP contribution < -0.4 is 9.80 Å². The summed E-state index contributed by atoms with van der Waals surface area (Å²) in [6, 6.07) is 72.6. The van der Waals surface area contributed by atoms with E-state index in [1.54, 1.807) is 0 Å². The Morgan fingerprint density at radius 2 is 0.967 bits per heavy atom. The molecule has 0 aliphatic heterocycles. The van der Waals surface area contributed by atoms with Crippen molar-refractivity contribution in [3.63, 3.8) is 0 Å². The topological polar surface area (TPSA) is 39.9 Å². The molecule has 0 saturated heterocycles. The van der Waals surface area contributed by atoms with Gasteiger partial charge in [-0.05, 0) is 187 Å². The second-order valence-corrected chi connectivity index (χ2v) is 28.4. The lowest BCUT2D eigenvalue weighted by atomic mass is 9.70. The molecule has 4 heteroatoms. The minimum absolute atomic E-state index is 0.0786. The Morgan fingerprint density at radius 1 is 0.424 bits per heavy atom. The van der Waals surface area contributed by atoms with Gasteiger partial charge < -0.3 is 19.3 Å². The molecule has 4 aliphatic carbocycles. The van der Waals surface area contributed by atoms with Crippen molar-refractivity contribution in [2.45, 2.75) is 161 Å². The quantitative estimate of drug-likeness (QED) is 0.111. The molecule has 4 nitrogen and oxygen atoms in total. The summed E-state index contributed by atoms with van der Waals surface area (Å²) < 4.78 is 7.48. The monoisotopic (exact) mass is 1200 g/mol. The van der Waals surface area contributed by atoms with E-state index in [2.05, 4.69) is 278 Å². The van der Waals surface area contributed by atoms with Gasteiger partial charge in [0.15, 0.2) is 5.58 Å². The van der Waals surface area contributed by atoms with Crippen molar-refractivity contribution >= 4 is 72.8 Å². The first-order chi connectivity index (χ1) is 44.9. The minimum Gasteiger partial charge on any atom is -0.505 e. The minimum atomic E-state index is -0.199. The fourth-order valence-corrected chi connectivity index (χ4v) is 16.8. The molecule has 2 atom stereocenters. The summed E-state index contributed by atoms with van der Waals surface area (Å²) in [4.78, 5) is 5.04. The van der Waals surface area contributed by atoms with Crippen LogP contribution >= 0.6 is 0 Å². The summed E-state index contributed by atoms with van der Waals surface area (Å²) in [6.07, 6.45) is 20.3. The Hall–Kier alpha value is -8.86. The smallest absolute Gasteiger partial charge is 0.159 e. The molecule has 462 valence electrons. The Kier molecular flexibility index (Phi) is 15.9. The predicted octanol–water partition coefficient (Wildman–Crippen LogP) is 25.8. The molecule has 4 aliphatic rings. The van der Waals surface area contributed by atoms with Crippen molar-refractivity contribution in [1.29, 1.82) is 0 Å². The van der Waals surface area contributed by atoms with Crippen molar-refractivity contribution < 1.29 is 9.52 Å². The Morgan fingerprint density at radius 3 is 1.62 bits per heavy atom. The number of hydrogen-bond donors (Lipinski definition) is 1. The summed E-state index contributed by atoms with van der Waals surface area (Å²) in [5.74, 6) is 2.49. The maximum Gasteiger partial charge on any atom is 0.159 e. The number of allylic oxidation sites excluding steroid dienone is 1. The van der Waals surface area contributed by atoms with Gasteiger partial charge in [0.2, 0.25) is 0 Å². The zero-order valence-corrected chi connectivity index (χ0v) is 55.1. The molecule has 2 fully saturated rings. The molecule has 2 unspecified atom stereocenters. The Labute approximate surface area is 546 Å². The number of phenolic OH excluding ortho intramolecular Hbond substituents is 1. The molecular weight excluding hydrogens is 1120 g/mol. The third-order valence-corrected chi connectivity index (χ3v) is 21.4. The van der Waals surface area contributed by atoms with E-state index in [4.69, 9.17) is 4.42 Å². The van der Waals surface area contributed by atoms with Gasteiger partial charge in [0.25, 0.3) is 0 Å². The second kappa shape index (κ2) is 24.6. The molecule has 0 spiro atoms. The number of benzene rings is 10. The number of phenols is 1. The van der Waals surface area contributed by atoms with Crippen LogP contribution in [0.4, 0.5) is 28.4 Å². The van der Waals surface area contributed by atoms with E-state index in [0.29, 0.717) is 23.7 Å². The van der Waals surface area contributed by atoms with Gasteiger partial charge in [0.05, 0.1) is 23.1 Å². The number of rotatable bonds is 15. The maximum atomic E-state index is 13.3. The van der Waals surface area contributed by atoms with Gasteiger partial charge in [-0.2, -0.15) is 0 Å². The Balaban J connectivity index is 0.940. The van der Waals surface area contributed by atoms with Crippen LogP contribution in [0.25, 0.3) is 77.7 Å². The van der Waals surface area contributed by atoms with Crippen molar-refractivity contribution in [1.82, 2.24) is 0 Å². The maximum absolute atomic E-state index is 13.3. The average molecular weight is 1210 g/mol. The highest BCUT2D eigenvalue weighted by molar-refractivity contribution is 6.16. The van der Waals surface area contributed by atoms with Crippen LogP contribution in [0.15, 0.2) is 211 Å². The van der Waals surface area contributed by atoms with E-state index < -0.39 is 0 Å². The molecule has 92 heavy (non-hydrogen) atoms. The van der Waals surface area contributed by atoms with Gasteiger partial charge in [0.1, 0.15) is 11.3 Å². The zero-order valence-electron chi connectivity index (χ0n) is 55.1. The Bertz CT molecular complexity index is 4630. The van der Waals surface area contributed by atoms with Crippen LogP contribution in [0.2, 0.25) is 0 Å². The van der Waals surface area contributed by atoms with Crippen molar-refractivity contribution in [2.24, 2.45) is 5.92 Å². The van der Waals surface area contributed by atoms with Crippen LogP contribution in [-0.4, -0.2) is 11.1 Å². The normalized spacial score (nSPS) is 16.8. The highest BCUT2D eigenvalue weighted by Crippen LogP contribution is 2.56. The van der Waals surface area contributed by atoms with Gasteiger partial charge in [0, 0.05) is 44.6 Å². The number of hydrogen-bond acceptors (Lipinski definition) is 4. The predicted molar refractivity (Wildman–Crippen MR) is 391 cm³/mol. The van der Waals surface area contributed by atoms with Crippen LogP contribution in [0.1, 0.15) is 200 Å².